The van der Waals surface area contributed by atoms with Gasteiger partial charge in [-0.3, -0.25) is 4.99 Å². The zero-order valence-corrected chi connectivity index (χ0v) is 15.3. The lowest BCUT2D eigenvalue weighted by Gasteiger charge is -2.08. The number of aliphatic imine (C=N–C) groups is 1. The highest BCUT2D eigenvalue weighted by atomic mass is 127. The van der Waals surface area contributed by atoms with Gasteiger partial charge in [0, 0.05) is 36.7 Å². The fraction of sp³-hybridized carbons (Fsp3) is 0.438. The largest absolute Gasteiger partial charge is 0.361 e. The van der Waals surface area contributed by atoms with Gasteiger partial charge in [0.1, 0.15) is 0 Å². The molecule has 0 radical (unpaired) electrons. The molecule has 0 saturated carbocycles. The number of nitrogens with zero attached hydrogens (tertiary/aromatic N) is 1. The van der Waals surface area contributed by atoms with Crippen molar-refractivity contribution in [3.05, 3.63) is 35.5 Å². The number of nitrogens with one attached hydrogen (secondary N) is 3. The standard InChI is InChI=1S/C16H24N4.HI/c1-4-17-16(18-5-2)19-9-8-13-11-20-15-10-12(3)6-7-14(13)15;/h6-7,10-11,20H,4-5,8-9H2,1-3H3,(H2,17,18,19);1H. The number of halogens is 1. The molecule has 0 fully saturated rings. The van der Waals surface area contributed by atoms with E-state index in [2.05, 4.69) is 65.8 Å². The summed E-state index contributed by atoms with van der Waals surface area (Å²) < 4.78 is 0. The number of rotatable bonds is 5. The second-order valence-electron chi connectivity index (χ2n) is 4.90. The molecule has 0 atom stereocenters. The van der Waals surface area contributed by atoms with Gasteiger partial charge in [-0.05, 0) is 44.4 Å². The molecule has 0 amide bonds. The smallest absolute Gasteiger partial charge is 0.191 e. The van der Waals surface area contributed by atoms with Crippen molar-refractivity contribution in [2.75, 3.05) is 19.6 Å². The summed E-state index contributed by atoms with van der Waals surface area (Å²) in [6, 6.07) is 6.53. The van der Waals surface area contributed by atoms with Crippen LogP contribution >= 0.6 is 24.0 Å². The second kappa shape index (κ2) is 8.92. The van der Waals surface area contributed by atoms with Crippen molar-refractivity contribution >= 4 is 40.8 Å². The summed E-state index contributed by atoms with van der Waals surface area (Å²) in [5.41, 5.74) is 3.82. The van der Waals surface area contributed by atoms with Gasteiger partial charge in [-0.2, -0.15) is 0 Å². The summed E-state index contributed by atoms with van der Waals surface area (Å²) in [7, 11) is 0. The lowest BCUT2D eigenvalue weighted by molar-refractivity contribution is 0.834. The normalized spacial score (nSPS) is 10.0. The van der Waals surface area contributed by atoms with Crippen LogP contribution in [0.25, 0.3) is 10.9 Å². The average molecular weight is 400 g/mol. The Balaban J connectivity index is 0.00000220. The summed E-state index contributed by atoms with van der Waals surface area (Å²) >= 11 is 0. The van der Waals surface area contributed by atoms with Gasteiger partial charge in [0.15, 0.2) is 5.96 Å². The molecule has 2 rings (SSSR count). The van der Waals surface area contributed by atoms with Crippen molar-refractivity contribution in [2.24, 2.45) is 4.99 Å². The molecule has 3 N–H and O–H groups in total. The number of fused-ring (bicyclic) bond motifs is 1. The van der Waals surface area contributed by atoms with Crippen molar-refractivity contribution in [3.63, 3.8) is 0 Å². The first kappa shape index (κ1) is 17.8. The predicted molar refractivity (Wildman–Crippen MR) is 102 cm³/mol. The molecular formula is C16H25IN4. The van der Waals surface area contributed by atoms with E-state index in [0.29, 0.717) is 0 Å². The number of hydrogen-bond acceptors (Lipinski definition) is 1. The van der Waals surface area contributed by atoms with Crippen molar-refractivity contribution < 1.29 is 0 Å². The lowest BCUT2D eigenvalue weighted by Crippen LogP contribution is -2.37. The molecule has 0 spiro atoms. The molecule has 0 saturated heterocycles. The van der Waals surface area contributed by atoms with E-state index in [0.717, 1.165) is 32.0 Å². The fourth-order valence-electron chi connectivity index (χ4n) is 2.30. The van der Waals surface area contributed by atoms with E-state index in [9.17, 15) is 0 Å². The van der Waals surface area contributed by atoms with Crippen LogP contribution in [0.4, 0.5) is 0 Å². The van der Waals surface area contributed by atoms with Crippen molar-refractivity contribution in [1.29, 1.82) is 0 Å². The fourth-order valence-corrected chi connectivity index (χ4v) is 2.30. The zero-order chi connectivity index (χ0) is 14.4. The number of benzene rings is 1. The highest BCUT2D eigenvalue weighted by molar-refractivity contribution is 14.0. The molecule has 1 heterocycles. The van der Waals surface area contributed by atoms with E-state index < -0.39 is 0 Å². The monoisotopic (exact) mass is 400 g/mol. The molecule has 21 heavy (non-hydrogen) atoms. The van der Waals surface area contributed by atoms with Gasteiger partial charge in [0.25, 0.3) is 0 Å². The van der Waals surface area contributed by atoms with Gasteiger partial charge in [-0.25, -0.2) is 0 Å². The van der Waals surface area contributed by atoms with E-state index in [4.69, 9.17) is 0 Å². The molecule has 0 aliphatic carbocycles. The highest BCUT2D eigenvalue weighted by Gasteiger charge is 2.03. The number of guanidine groups is 1. The van der Waals surface area contributed by atoms with Gasteiger partial charge in [0.05, 0.1) is 0 Å². The van der Waals surface area contributed by atoms with Crippen LogP contribution in [0.5, 0.6) is 0 Å². The Labute approximate surface area is 143 Å². The number of aryl methyl sites for hydroxylation is 1. The van der Waals surface area contributed by atoms with E-state index in [1.165, 1.54) is 22.0 Å². The number of H-pyrrole nitrogens is 1. The molecule has 4 nitrogen and oxygen atoms in total. The van der Waals surface area contributed by atoms with Gasteiger partial charge in [-0.1, -0.05) is 12.1 Å². The number of aromatic nitrogens is 1. The van der Waals surface area contributed by atoms with Gasteiger partial charge in [0.2, 0.25) is 0 Å². The van der Waals surface area contributed by atoms with E-state index >= 15 is 0 Å². The molecule has 0 unspecified atom stereocenters. The number of hydrogen-bond donors (Lipinski definition) is 3. The Morgan fingerprint density at radius 1 is 1.19 bits per heavy atom. The van der Waals surface area contributed by atoms with Crippen LogP contribution in [0, 0.1) is 6.92 Å². The first-order valence-electron chi connectivity index (χ1n) is 7.33. The predicted octanol–water partition coefficient (Wildman–Crippen LogP) is 3.21. The van der Waals surface area contributed by atoms with Crippen LogP contribution in [0.2, 0.25) is 0 Å². The molecular weight excluding hydrogens is 375 g/mol. The van der Waals surface area contributed by atoms with Gasteiger partial charge >= 0.3 is 0 Å². The van der Waals surface area contributed by atoms with E-state index in [1.807, 2.05) is 0 Å². The molecule has 1 aromatic carbocycles. The first-order valence-corrected chi connectivity index (χ1v) is 7.33. The number of aromatic amines is 1. The van der Waals surface area contributed by atoms with Crippen molar-refractivity contribution in [3.8, 4) is 0 Å². The van der Waals surface area contributed by atoms with Crippen LogP contribution in [0.3, 0.4) is 0 Å². The van der Waals surface area contributed by atoms with Crippen molar-refractivity contribution in [2.45, 2.75) is 27.2 Å². The summed E-state index contributed by atoms with van der Waals surface area (Å²) in [6.07, 6.45) is 3.04. The molecule has 116 valence electrons. The summed E-state index contributed by atoms with van der Waals surface area (Å²) in [5, 5.41) is 7.78. The van der Waals surface area contributed by atoms with Crippen LogP contribution in [-0.2, 0) is 6.42 Å². The molecule has 0 bridgehead atoms. The van der Waals surface area contributed by atoms with E-state index in [1.54, 1.807) is 0 Å². The maximum Gasteiger partial charge on any atom is 0.191 e. The Morgan fingerprint density at radius 2 is 1.90 bits per heavy atom. The topological polar surface area (TPSA) is 52.2 Å². The van der Waals surface area contributed by atoms with Crippen LogP contribution in [0.1, 0.15) is 25.0 Å². The zero-order valence-electron chi connectivity index (χ0n) is 13.0. The maximum absolute atomic E-state index is 4.58. The SMILES string of the molecule is CCNC(=NCCc1c[nH]c2cc(C)ccc12)NCC.I. The Kier molecular flexibility index (Phi) is 7.56. The second-order valence-corrected chi connectivity index (χ2v) is 4.90. The summed E-state index contributed by atoms with van der Waals surface area (Å²) in [6.45, 7) is 8.83. The highest BCUT2D eigenvalue weighted by Crippen LogP contribution is 2.19. The van der Waals surface area contributed by atoms with Crippen LogP contribution in [0.15, 0.2) is 29.4 Å². The first-order chi connectivity index (χ1) is 9.74. The minimum absolute atomic E-state index is 0. The lowest BCUT2D eigenvalue weighted by atomic mass is 10.1. The third-order valence-electron chi connectivity index (χ3n) is 3.26. The van der Waals surface area contributed by atoms with Gasteiger partial charge in [-0.15, -0.1) is 24.0 Å². The third-order valence-corrected chi connectivity index (χ3v) is 3.26. The molecule has 0 aliphatic rings. The van der Waals surface area contributed by atoms with Gasteiger partial charge < -0.3 is 15.6 Å². The minimum atomic E-state index is 0. The molecule has 5 heteroatoms. The average Bonchev–Trinajstić information content (AvgIpc) is 2.81. The minimum Gasteiger partial charge on any atom is -0.361 e. The molecule has 1 aromatic heterocycles. The van der Waals surface area contributed by atoms with Crippen LogP contribution in [-0.4, -0.2) is 30.6 Å². The quantitative estimate of drug-likeness (QED) is 0.410. The van der Waals surface area contributed by atoms with Crippen LogP contribution < -0.4 is 10.6 Å². The summed E-state index contributed by atoms with van der Waals surface area (Å²) in [4.78, 5) is 7.92. The van der Waals surface area contributed by atoms with Crippen molar-refractivity contribution in [1.82, 2.24) is 15.6 Å². The Hall–Kier alpha value is -1.24. The third kappa shape index (κ3) is 4.91. The molecule has 2 aromatic rings. The summed E-state index contributed by atoms with van der Waals surface area (Å²) in [5.74, 6) is 0.894. The van der Waals surface area contributed by atoms with E-state index in [-0.39, 0.29) is 24.0 Å². The Morgan fingerprint density at radius 3 is 2.57 bits per heavy atom. The Bertz CT molecular complexity index is 581. The maximum atomic E-state index is 4.58. The molecule has 0 aliphatic heterocycles.